The predicted molar refractivity (Wildman–Crippen MR) is 92.8 cm³/mol. The van der Waals surface area contributed by atoms with E-state index in [1.807, 2.05) is 20.0 Å². The highest BCUT2D eigenvalue weighted by atomic mass is 35.5. The van der Waals surface area contributed by atoms with E-state index in [1.54, 1.807) is 18.3 Å². The molecular formula is C18H21ClFN3O. The van der Waals surface area contributed by atoms with E-state index in [4.69, 9.17) is 11.6 Å². The summed E-state index contributed by atoms with van der Waals surface area (Å²) in [6.45, 7) is 3.35. The zero-order valence-corrected chi connectivity index (χ0v) is 14.5. The number of aryl methyl sites for hydroxylation is 1. The van der Waals surface area contributed by atoms with E-state index in [2.05, 4.69) is 15.2 Å². The third-order valence-corrected chi connectivity index (χ3v) is 5.09. The Hall–Kier alpha value is -1.85. The van der Waals surface area contributed by atoms with Crippen LogP contribution in [0.3, 0.4) is 0 Å². The second kappa shape index (κ2) is 6.95. The Kier molecular flexibility index (Phi) is 4.92. The van der Waals surface area contributed by atoms with Gasteiger partial charge in [0.1, 0.15) is 5.82 Å². The second-order valence-corrected chi connectivity index (χ2v) is 6.78. The lowest BCUT2D eigenvalue weighted by Crippen LogP contribution is -2.32. The fourth-order valence-electron chi connectivity index (χ4n) is 3.48. The van der Waals surface area contributed by atoms with Crippen molar-refractivity contribution in [2.75, 3.05) is 20.1 Å². The standard InChI is InChI=1S/C18H21ClFN3O/c1-11-14(5-7-21-11)18(24)22-10-13-6-8-23(2)17(13)12-3-4-15(19)16(20)9-12/h3-5,7,9,13,17,21H,6,8,10H2,1-2H3,(H,22,24)/t13-,17-/m1/s1. The summed E-state index contributed by atoms with van der Waals surface area (Å²) in [6, 6.07) is 6.81. The summed E-state index contributed by atoms with van der Waals surface area (Å²) in [5.74, 6) is -0.247. The first-order chi connectivity index (χ1) is 11.5. The van der Waals surface area contributed by atoms with Crippen molar-refractivity contribution in [3.8, 4) is 0 Å². The molecule has 1 aliphatic heterocycles. The van der Waals surface area contributed by atoms with Gasteiger partial charge in [0.25, 0.3) is 5.91 Å². The van der Waals surface area contributed by atoms with E-state index in [-0.39, 0.29) is 22.9 Å². The summed E-state index contributed by atoms with van der Waals surface area (Å²) in [5, 5.41) is 3.14. The number of hydrogen-bond acceptors (Lipinski definition) is 2. The van der Waals surface area contributed by atoms with Gasteiger partial charge in [0, 0.05) is 24.5 Å². The largest absolute Gasteiger partial charge is 0.365 e. The lowest BCUT2D eigenvalue weighted by Gasteiger charge is -2.26. The van der Waals surface area contributed by atoms with Crippen LogP contribution in [0.1, 0.15) is 34.1 Å². The molecule has 0 bridgehead atoms. The molecule has 1 aliphatic rings. The number of benzene rings is 1. The highest BCUT2D eigenvalue weighted by Crippen LogP contribution is 2.36. The van der Waals surface area contributed by atoms with Gasteiger partial charge in [-0.1, -0.05) is 17.7 Å². The first-order valence-corrected chi connectivity index (χ1v) is 8.42. The fraction of sp³-hybridized carbons (Fsp3) is 0.389. The number of aromatic nitrogens is 1. The Balaban J connectivity index is 1.71. The molecular weight excluding hydrogens is 329 g/mol. The first-order valence-electron chi connectivity index (χ1n) is 8.04. The first kappa shape index (κ1) is 17.0. The highest BCUT2D eigenvalue weighted by molar-refractivity contribution is 6.30. The Bertz CT molecular complexity index is 746. The van der Waals surface area contributed by atoms with Gasteiger partial charge in [0.15, 0.2) is 0 Å². The molecule has 1 aromatic heterocycles. The van der Waals surface area contributed by atoms with Crippen LogP contribution in [0.15, 0.2) is 30.5 Å². The van der Waals surface area contributed by atoms with E-state index in [0.717, 1.165) is 24.2 Å². The van der Waals surface area contributed by atoms with Gasteiger partial charge >= 0.3 is 0 Å². The lowest BCUT2D eigenvalue weighted by molar-refractivity contribution is 0.0943. The van der Waals surface area contributed by atoms with Crippen LogP contribution in [0.4, 0.5) is 4.39 Å². The smallest absolute Gasteiger partial charge is 0.253 e. The molecule has 1 saturated heterocycles. The summed E-state index contributed by atoms with van der Waals surface area (Å²) < 4.78 is 13.8. The van der Waals surface area contributed by atoms with Crippen LogP contribution in [0.2, 0.25) is 5.02 Å². The molecule has 0 aliphatic carbocycles. The summed E-state index contributed by atoms with van der Waals surface area (Å²) in [5.41, 5.74) is 2.41. The van der Waals surface area contributed by atoms with Crippen molar-refractivity contribution in [3.63, 3.8) is 0 Å². The molecule has 2 heterocycles. The molecule has 0 spiro atoms. The number of nitrogens with one attached hydrogen (secondary N) is 2. The van der Waals surface area contributed by atoms with E-state index < -0.39 is 5.82 Å². The van der Waals surface area contributed by atoms with Gasteiger partial charge in [0.05, 0.1) is 10.6 Å². The van der Waals surface area contributed by atoms with E-state index in [9.17, 15) is 9.18 Å². The number of halogens is 2. The minimum absolute atomic E-state index is 0.0735. The molecule has 1 aromatic carbocycles. The number of hydrogen-bond donors (Lipinski definition) is 2. The van der Waals surface area contributed by atoms with Crippen LogP contribution < -0.4 is 5.32 Å². The van der Waals surface area contributed by atoms with Crippen LogP contribution >= 0.6 is 11.6 Å². The molecule has 128 valence electrons. The van der Waals surface area contributed by atoms with Gasteiger partial charge in [0.2, 0.25) is 0 Å². The summed E-state index contributed by atoms with van der Waals surface area (Å²) in [7, 11) is 2.02. The van der Waals surface area contributed by atoms with Crippen molar-refractivity contribution in [2.24, 2.45) is 5.92 Å². The third-order valence-electron chi connectivity index (χ3n) is 4.78. The van der Waals surface area contributed by atoms with Crippen LogP contribution in [0.25, 0.3) is 0 Å². The Morgan fingerprint density at radius 3 is 2.92 bits per heavy atom. The average molecular weight is 350 g/mol. The van der Waals surface area contributed by atoms with E-state index in [0.29, 0.717) is 12.1 Å². The van der Waals surface area contributed by atoms with Crippen LogP contribution in [0, 0.1) is 18.7 Å². The lowest BCUT2D eigenvalue weighted by atomic mass is 9.93. The minimum Gasteiger partial charge on any atom is -0.365 e. The monoisotopic (exact) mass is 349 g/mol. The number of H-pyrrole nitrogens is 1. The summed E-state index contributed by atoms with van der Waals surface area (Å²) in [6.07, 6.45) is 2.71. The van der Waals surface area contributed by atoms with Crippen molar-refractivity contribution in [2.45, 2.75) is 19.4 Å². The molecule has 1 amide bonds. The summed E-state index contributed by atoms with van der Waals surface area (Å²) in [4.78, 5) is 17.5. The maximum absolute atomic E-state index is 13.8. The quantitative estimate of drug-likeness (QED) is 0.887. The molecule has 1 fully saturated rings. The topological polar surface area (TPSA) is 48.1 Å². The number of aromatic amines is 1. The molecule has 4 nitrogen and oxygen atoms in total. The fourth-order valence-corrected chi connectivity index (χ4v) is 3.60. The molecule has 2 N–H and O–H groups in total. The number of carbonyl (C=O) groups excluding carboxylic acids is 1. The average Bonchev–Trinajstić information content (AvgIpc) is 3.14. The zero-order valence-electron chi connectivity index (χ0n) is 13.8. The van der Waals surface area contributed by atoms with Crippen molar-refractivity contribution < 1.29 is 9.18 Å². The Morgan fingerprint density at radius 1 is 1.46 bits per heavy atom. The maximum Gasteiger partial charge on any atom is 0.253 e. The number of likely N-dealkylation sites (tertiary alicyclic amines) is 1. The van der Waals surface area contributed by atoms with Crippen molar-refractivity contribution in [1.29, 1.82) is 0 Å². The maximum atomic E-state index is 13.8. The number of nitrogens with zero attached hydrogens (tertiary/aromatic N) is 1. The van der Waals surface area contributed by atoms with Crippen LogP contribution in [-0.4, -0.2) is 35.9 Å². The minimum atomic E-state index is -0.403. The molecule has 2 aromatic rings. The number of carbonyl (C=O) groups is 1. The van der Waals surface area contributed by atoms with Gasteiger partial charge < -0.3 is 10.3 Å². The normalized spacial score (nSPS) is 21.2. The zero-order chi connectivity index (χ0) is 17.3. The van der Waals surface area contributed by atoms with Gasteiger partial charge in [-0.25, -0.2) is 4.39 Å². The third kappa shape index (κ3) is 3.32. The second-order valence-electron chi connectivity index (χ2n) is 6.37. The Morgan fingerprint density at radius 2 is 2.25 bits per heavy atom. The van der Waals surface area contributed by atoms with Gasteiger partial charge in [-0.2, -0.15) is 0 Å². The van der Waals surface area contributed by atoms with Crippen molar-refractivity contribution in [3.05, 3.63) is 58.1 Å². The van der Waals surface area contributed by atoms with Gasteiger partial charge in [-0.3, -0.25) is 9.69 Å². The SMILES string of the molecule is Cc1[nH]ccc1C(=O)NC[C@H]1CCN(C)[C@@H]1c1ccc(Cl)c(F)c1. The molecule has 0 radical (unpaired) electrons. The van der Waals surface area contributed by atoms with Crippen LogP contribution in [-0.2, 0) is 0 Å². The molecule has 6 heteroatoms. The molecule has 2 atom stereocenters. The van der Waals surface area contributed by atoms with Crippen LogP contribution in [0.5, 0.6) is 0 Å². The number of rotatable bonds is 4. The van der Waals surface area contributed by atoms with E-state index in [1.165, 1.54) is 6.07 Å². The Labute approximate surface area is 146 Å². The molecule has 3 rings (SSSR count). The van der Waals surface area contributed by atoms with E-state index >= 15 is 0 Å². The van der Waals surface area contributed by atoms with Crippen molar-refractivity contribution >= 4 is 17.5 Å². The van der Waals surface area contributed by atoms with Gasteiger partial charge in [-0.15, -0.1) is 0 Å². The predicted octanol–water partition coefficient (Wildman–Crippen LogP) is 3.54. The number of amides is 1. The molecule has 0 saturated carbocycles. The van der Waals surface area contributed by atoms with Gasteiger partial charge in [-0.05, 0) is 56.6 Å². The van der Waals surface area contributed by atoms with Crippen molar-refractivity contribution in [1.82, 2.24) is 15.2 Å². The molecule has 24 heavy (non-hydrogen) atoms. The molecule has 0 unspecified atom stereocenters. The highest BCUT2D eigenvalue weighted by Gasteiger charge is 2.33. The summed E-state index contributed by atoms with van der Waals surface area (Å²) >= 11 is 5.79.